The Morgan fingerprint density at radius 2 is 2.17 bits per heavy atom. The Labute approximate surface area is 140 Å². The Hall–Kier alpha value is -1.52. The lowest BCUT2D eigenvalue weighted by Crippen LogP contribution is -2.45. The zero-order valence-corrected chi connectivity index (χ0v) is 15.3. The number of hydrogen-bond acceptors (Lipinski definition) is 3. The molecule has 5 nitrogen and oxygen atoms in total. The van der Waals surface area contributed by atoms with Crippen LogP contribution in [0.2, 0.25) is 0 Å². The third-order valence-electron chi connectivity index (χ3n) is 4.29. The Morgan fingerprint density at radius 1 is 1.39 bits per heavy atom. The summed E-state index contributed by atoms with van der Waals surface area (Å²) in [6.45, 7) is 12.1. The molecule has 2 N–H and O–H groups in total. The molecular weight excluding hydrogens is 288 g/mol. The lowest BCUT2D eigenvalue weighted by atomic mass is 9.87. The van der Waals surface area contributed by atoms with Crippen LogP contribution in [-0.2, 0) is 12.0 Å². The number of nitrogens with zero attached hydrogens (tertiary/aromatic N) is 2. The summed E-state index contributed by atoms with van der Waals surface area (Å²) < 4.78 is 5.81. The summed E-state index contributed by atoms with van der Waals surface area (Å²) in [4.78, 5) is 8.98. The fourth-order valence-electron chi connectivity index (χ4n) is 2.96. The molecule has 130 valence electrons. The van der Waals surface area contributed by atoms with Gasteiger partial charge >= 0.3 is 0 Å². The van der Waals surface area contributed by atoms with Crippen LogP contribution in [0.3, 0.4) is 0 Å². The molecule has 0 radical (unpaired) electrons. The van der Waals surface area contributed by atoms with E-state index in [9.17, 15) is 0 Å². The van der Waals surface area contributed by atoms with E-state index >= 15 is 0 Å². The van der Waals surface area contributed by atoms with Gasteiger partial charge in [0.15, 0.2) is 5.96 Å². The van der Waals surface area contributed by atoms with E-state index in [1.807, 2.05) is 6.20 Å². The standard InChI is InChI=1S/C18H32N4O/c1-6-19-17(22-14-9-7-8-13(2)10-14)21-12-16-20-11-15(23-16)18(3,4)5/h11,13-14H,6-10,12H2,1-5H3,(H2,19,21,22). The van der Waals surface area contributed by atoms with Crippen molar-refractivity contribution in [3.05, 3.63) is 17.8 Å². The second-order valence-corrected chi connectivity index (χ2v) is 7.68. The zero-order chi connectivity index (χ0) is 16.9. The number of oxazole rings is 1. The Bertz CT molecular complexity index is 515. The second-order valence-electron chi connectivity index (χ2n) is 7.68. The number of hydrogen-bond donors (Lipinski definition) is 2. The fraction of sp³-hybridized carbons (Fsp3) is 0.778. The molecule has 1 aromatic heterocycles. The number of guanidine groups is 1. The summed E-state index contributed by atoms with van der Waals surface area (Å²) in [5.41, 5.74) is -0.0179. The molecule has 1 heterocycles. The minimum absolute atomic E-state index is 0.0179. The average Bonchev–Trinajstić information content (AvgIpc) is 2.94. The van der Waals surface area contributed by atoms with Crippen molar-refractivity contribution in [2.24, 2.45) is 10.9 Å². The number of aromatic nitrogens is 1. The first-order valence-corrected chi connectivity index (χ1v) is 8.88. The van der Waals surface area contributed by atoms with Crippen molar-refractivity contribution >= 4 is 5.96 Å². The van der Waals surface area contributed by atoms with Crippen LogP contribution in [0, 0.1) is 5.92 Å². The van der Waals surface area contributed by atoms with Crippen molar-refractivity contribution in [3.8, 4) is 0 Å². The van der Waals surface area contributed by atoms with Crippen molar-refractivity contribution in [3.63, 3.8) is 0 Å². The van der Waals surface area contributed by atoms with Crippen molar-refractivity contribution in [2.45, 2.75) is 78.3 Å². The molecular formula is C18H32N4O. The van der Waals surface area contributed by atoms with E-state index in [2.05, 4.69) is 55.2 Å². The first kappa shape index (κ1) is 17.8. The van der Waals surface area contributed by atoms with Crippen LogP contribution in [0.25, 0.3) is 0 Å². The van der Waals surface area contributed by atoms with E-state index in [0.717, 1.165) is 24.2 Å². The fourth-order valence-corrected chi connectivity index (χ4v) is 2.96. The maximum Gasteiger partial charge on any atom is 0.216 e. The molecule has 0 spiro atoms. The highest BCUT2D eigenvalue weighted by atomic mass is 16.4. The van der Waals surface area contributed by atoms with Gasteiger partial charge in [0.25, 0.3) is 0 Å². The smallest absolute Gasteiger partial charge is 0.216 e. The van der Waals surface area contributed by atoms with E-state index in [1.54, 1.807) is 0 Å². The molecule has 5 heteroatoms. The second kappa shape index (κ2) is 7.84. The molecule has 0 aliphatic heterocycles. The van der Waals surface area contributed by atoms with Crippen LogP contribution >= 0.6 is 0 Å². The van der Waals surface area contributed by atoms with Gasteiger partial charge in [0.1, 0.15) is 12.3 Å². The molecule has 23 heavy (non-hydrogen) atoms. The van der Waals surface area contributed by atoms with Gasteiger partial charge in [-0.15, -0.1) is 0 Å². The minimum Gasteiger partial charge on any atom is -0.443 e. The van der Waals surface area contributed by atoms with Gasteiger partial charge in [0, 0.05) is 18.0 Å². The predicted molar refractivity (Wildman–Crippen MR) is 94.6 cm³/mol. The lowest BCUT2D eigenvalue weighted by molar-refractivity contribution is 0.324. The predicted octanol–water partition coefficient (Wildman–Crippen LogP) is 3.61. The van der Waals surface area contributed by atoms with Gasteiger partial charge in [-0.3, -0.25) is 0 Å². The van der Waals surface area contributed by atoms with Crippen LogP contribution in [-0.4, -0.2) is 23.5 Å². The quantitative estimate of drug-likeness (QED) is 0.657. The first-order chi connectivity index (χ1) is 10.9. The SMILES string of the molecule is CCNC(=NCc1ncc(C(C)(C)C)o1)NC1CCCC(C)C1. The largest absolute Gasteiger partial charge is 0.443 e. The topological polar surface area (TPSA) is 62.5 Å². The lowest BCUT2D eigenvalue weighted by Gasteiger charge is -2.28. The van der Waals surface area contributed by atoms with Gasteiger partial charge in [-0.1, -0.05) is 40.5 Å². The van der Waals surface area contributed by atoms with Gasteiger partial charge in [0.2, 0.25) is 5.89 Å². The van der Waals surface area contributed by atoms with E-state index < -0.39 is 0 Å². The monoisotopic (exact) mass is 320 g/mol. The third kappa shape index (κ3) is 5.56. The number of nitrogens with one attached hydrogen (secondary N) is 2. The highest BCUT2D eigenvalue weighted by Gasteiger charge is 2.20. The molecule has 1 aliphatic rings. The van der Waals surface area contributed by atoms with Gasteiger partial charge in [0.05, 0.1) is 6.20 Å². The number of aliphatic imine (C=N–C) groups is 1. The van der Waals surface area contributed by atoms with Crippen molar-refractivity contribution < 1.29 is 4.42 Å². The molecule has 2 atom stereocenters. The summed E-state index contributed by atoms with van der Waals surface area (Å²) in [5.74, 6) is 3.23. The van der Waals surface area contributed by atoms with Crippen LogP contribution < -0.4 is 10.6 Å². The normalized spacial score (nSPS) is 22.9. The minimum atomic E-state index is -0.0179. The molecule has 0 amide bonds. The van der Waals surface area contributed by atoms with Crippen molar-refractivity contribution in [1.82, 2.24) is 15.6 Å². The van der Waals surface area contributed by atoms with Crippen LogP contribution in [0.1, 0.15) is 72.0 Å². The highest BCUT2D eigenvalue weighted by Crippen LogP contribution is 2.24. The maximum absolute atomic E-state index is 5.81. The maximum atomic E-state index is 5.81. The third-order valence-corrected chi connectivity index (χ3v) is 4.29. The molecule has 1 aromatic rings. The molecule has 1 aliphatic carbocycles. The molecule has 2 rings (SSSR count). The van der Waals surface area contributed by atoms with Crippen LogP contribution in [0.5, 0.6) is 0 Å². The number of rotatable bonds is 4. The molecule has 1 saturated carbocycles. The molecule has 0 aromatic carbocycles. The zero-order valence-electron chi connectivity index (χ0n) is 15.3. The average molecular weight is 320 g/mol. The van der Waals surface area contributed by atoms with E-state index in [4.69, 9.17) is 4.42 Å². The Kier molecular flexibility index (Phi) is 6.08. The molecule has 0 bridgehead atoms. The van der Waals surface area contributed by atoms with Gasteiger partial charge in [-0.05, 0) is 25.7 Å². The summed E-state index contributed by atoms with van der Waals surface area (Å²) in [6.07, 6.45) is 6.90. The first-order valence-electron chi connectivity index (χ1n) is 8.88. The highest BCUT2D eigenvalue weighted by molar-refractivity contribution is 5.80. The molecule has 2 unspecified atom stereocenters. The van der Waals surface area contributed by atoms with Gasteiger partial charge in [-0.25, -0.2) is 9.98 Å². The summed E-state index contributed by atoms with van der Waals surface area (Å²) in [5, 5.41) is 6.89. The van der Waals surface area contributed by atoms with Crippen molar-refractivity contribution in [2.75, 3.05) is 6.54 Å². The molecule has 0 saturated heterocycles. The van der Waals surface area contributed by atoms with E-state index in [-0.39, 0.29) is 5.41 Å². The van der Waals surface area contributed by atoms with E-state index in [0.29, 0.717) is 18.5 Å². The van der Waals surface area contributed by atoms with Crippen molar-refractivity contribution in [1.29, 1.82) is 0 Å². The van der Waals surface area contributed by atoms with Gasteiger partial charge in [-0.2, -0.15) is 0 Å². The Balaban J connectivity index is 1.96. The molecule has 1 fully saturated rings. The Morgan fingerprint density at radius 3 is 2.78 bits per heavy atom. The summed E-state index contributed by atoms with van der Waals surface area (Å²) >= 11 is 0. The van der Waals surface area contributed by atoms with Crippen LogP contribution in [0.15, 0.2) is 15.6 Å². The summed E-state index contributed by atoms with van der Waals surface area (Å²) in [7, 11) is 0. The van der Waals surface area contributed by atoms with Crippen LogP contribution in [0.4, 0.5) is 0 Å². The van der Waals surface area contributed by atoms with Gasteiger partial charge < -0.3 is 15.1 Å². The summed E-state index contributed by atoms with van der Waals surface area (Å²) in [6, 6.07) is 0.520. The van der Waals surface area contributed by atoms with E-state index in [1.165, 1.54) is 25.7 Å².